The first kappa shape index (κ1) is 13.5. The summed E-state index contributed by atoms with van der Waals surface area (Å²) in [4.78, 5) is 22.8. The van der Waals surface area contributed by atoms with Crippen LogP contribution in [0.2, 0.25) is 0 Å². The van der Waals surface area contributed by atoms with E-state index in [1.165, 1.54) is 17.3 Å². The second-order valence-corrected chi connectivity index (χ2v) is 5.14. The minimum Gasteiger partial charge on any atom is -0.372 e. The number of nitrogens with one attached hydrogen (secondary N) is 1. The van der Waals surface area contributed by atoms with Crippen molar-refractivity contribution in [1.82, 2.24) is 14.9 Å². The molecule has 1 aliphatic heterocycles. The maximum atomic E-state index is 12.6. The Morgan fingerprint density at radius 1 is 1.24 bits per heavy atom. The molecule has 1 aromatic carbocycles. The van der Waals surface area contributed by atoms with Crippen LogP contribution in [-0.2, 0) is 13.0 Å². The van der Waals surface area contributed by atoms with Crippen LogP contribution < -0.4 is 5.32 Å². The number of aryl methyl sites for hydroxylation is 1. The second-order valence-electron chi connectivity index (χ2n) is 5.14. The van der Waals surface area contributed by atoms with Gasteiger partial charge in [0.05, 0.1) is 12.4 Å². The van der Waals surface area contributed by atoms with Crippen LogP contribution in [-0.4, -0.2) is 34.4 Å². The zero-order chi connectivity index (χ0) is 14.7. The van der Waals surface area contributed by atoms with E-state index in [0.29, 0.717) is 18.1 Å². The summed E-state index contributed by atoms with van der Waals surface area (Å²) in [6, 6.07) is 8.31. The molecule has 3 rings (SSSR count). The fraction of sp³-hybridized carbons (Fsp3) is 0.312. The highest BCUT2D eigenvalue weighted by atomic mass is 16.2. The molecule has 2 heterocycles. The van der Waals surface area contributed by atoms with Gasteiger partial charge in [-0.15, -0.1) is 0 Å². The van der Waals surface area contributed by atoms with Gasteiger partial charge < -0.3 is 10.2 Å². The van der Waals surface area contributed by atoms with Crippen molar-refractivity contribution in [1.29, 1.82) is 0 Å². The van der Waals surface area contributed by atoms with Gasteiger partial charge in [0.2, 0.25) is 0 Å². The van der Waals surface area contributed by atoms with Crippen LogP contribution in [0, 0.1) is 0 Å². The normalized spacial score (nSPS) is 14.2. The lowest BCUT2D eigenvalue weighted by Crippen LogP contribution is -2.31. The van der Waals surface area contributed by atoms with E-state index in [4.69, 9.17) is 0 Å². The predicted octanol–water partition coefficient (Wildman–Crippen LogP) is 2.11. The van der Waals surface area contributed by atoms with Crippen molar-refractivity contribution in [3.63, 3.8) is 0 Å². The van der Waals surface area contributed by atoms with Gasteiger partial charge in [0, 0.05) is 20.1 Å². The molecule has 0 saturated carbocycles. The van der Waals surface area contributed by atoms with Crippen LogP contribution >= 0.6 is 0 Å². The van der Waals surface area contributed by atoms with Gasteiger partial charge in [-0.1, -0.05) is 24.3 Å². The number of fused-ring (bicyclic) bond motifs is 1. The fourth-order valence-corrected chi connectivity index (χ4v) is 2.63. The summed E-state index contributed by atoms with van der Waals surface area (Å²) in [5.41, 5.74) is 2.95. The molecule has 21 heavy (non-hydrogen) atoms. The van der Waals surface area contributed by atoms with E-state index < -0.39 is 0 Å². The molecule has 1 amide bonds. The zero-order valence-corrected chi connectivity index (χ0v) is 12.0. The lowest BCUT2D eigenvalue weighted by Gasteiger charge is -2.20. The largest absolute Gasteiger partial charge is 0.372 e. The highest BCUT2D eigenvalue weighted by Gasteiger charge is 2.21. The van der Waals surface area contributed by atoms with E-state index in [0.717, 1.165) is 19.4 Å². The molecule has 1 N–H and O–H groups in total. The van der Waals surface area contributed by atoms with E-state index in [1.54, 1.807) is 13.2 Å². The van der Waals surface area contributed by atoms with E-state index in [1.807, 2.05) is 11.0 Å². The lowest BCUT2D eigenvalue weighted by molar-refractivity contribution is 0.0739. The van der Waals surface area contributed by atoms with E-state index in [2.05, 4.69) is 33.5 Å². The maximum Gasteiger partial charge on any atom is 0.274 e. The minimum absolute atomic E-state index is 0.0590. The van der Waals surface area contributed by atoms with Gasteiger partial charge in [-0.3, -0.25) is 9.78 Å². The third-order valence-corrected chi connectivity index (χ3v) is 3.75. The number of hydrogen-bond donors (Lipinski definition) is 1. The fourth-order valence-electron chi connectivity index (χ4n) is 2.63. The van der Waals surface area contributed by atoms with Crippen LogP contribution in [0.1, 0.15) is 28.0 Å². The number of benzene rings is 1. The molecule has 0 radical (unpaired) electrons. The Hall–Kier alpha value is -2.43. The number of hydrogen-bond acceptors (Lipinski definition) is 4. The molecule has 0 aliphatic carbocycles. The maximum absolute atomic E-state index is 12.6. The van der Waals surface area contributed by atoms with Gasteiger partial charge in [-0.25, -0.2) is 4.98 Å². The second kappa shape index (κ2) is 5.91. The first-order chi connectivity index (χ1) is 10.3. The summed E-state index contributed by atoms with van der Waals surface area (Å²) in [6.45, 7) is 1.39. The number of rotatable bonds is 2. The number of nitrogens with zero attached hydrogens (tertiary/aromatic N) is 3. The topological polar surface area (TPSA) is 58.1 Å². The summed E-state index contributed by atoms with van der Waals surface area (Å²) < 4.78 is 0. The molecular formula is C16H18N4O. The van der Waals surface area contributed by atoms with Crippen LogP contribution in [0.5, 0.6) is 0 Å². The van der Waals surface area contributed by atoms with Crippen LogP contribution in [0.25, 0.3) is 0 Å². The van der Waals surface area contributed by atoms with Gasteiger partial charge in [-0.05, 0) is 24.0 Å². The minimum atomic E-state index is -0.0590. The molecule has 2 aromatic rings. The number of amides is 1. The molecule has 0 bridgehead atoms. The van der Waals surface area contributed by atoms with Gasteiger partial charge in [0.15, 0.2) is 0 Å². The quantitative estimate of drug-likeness (QED) is 0.916. The Morgan fingerprint density at radius 3 is 2.86 bits per heavy atom. The summed E-state index contributed by atoms with van der Waals surface area (Å²) in [5, 5.41) is 2.91. The lowest BCUT2D eigenvalue weighted by atomic mass is 10.0. The van der Waals surface area contributed by atoms with E-state index in [-0.39, 0.29) is 5.91 Å². The zero-order valence-electron chi connectivity index (χ0n) is 12.0. The third kappa shape index (κ3) is 2.86. The molecule has 0 atom stereocenters. The van der Waals surface area contributed by atoms with Crippen molar-refractivity contribution in [2.75, 3.05) is 18.9 Å². The smallest absolute Gasteiger partial charge is 0.274 e. The summed E-state index contributed by atoms with van der Waals surface area (Å²) in [6.07, 6.45) is 5.12. The predicted molar refractivity (Wildman–Crippen MR) is 81.1 cm³/mol. The van der Waals surface area contributed by atoms with E-state index >= 15 is 0 Å². The Labute approximate surface area is 124 Å². The molecule has 1 aromatic heterocycles. The Balaban J connectivity index is 1.84. The van der Waals surface area contributed by atoms with Crippen LogP contribution in [0.15, 0.2) is 36.7 Å². The molecule has 0 fully saturated rings. The highest BCUT2D eigenvalue weighted by molar-refractivity contribution is 5.92. The van der Waals surface area contributed by atoms with E-state index in [9.17, 15) is 4.79 Å². The molecule has 5 nitrogen and oxygen atoms in total. The Kier molecular flexibility index (Phi) is 3.81. The number of aromatic nitrogens is 2. The highest BCUT2D eigenvalue weighted by Crippen LogP contribution is 2.19. The summed E-state index contributed by atoms with van der Waals surface area (Å²) in [5.74, 6) is 0.548. The van der Waals surface area contributed by atoms with Crippen molar-refractivity contribution in [2.45, 2.75) is 19.4 Å². The molecule has 0 spiro atoms. The molecule has 0 unspecified atom stereocenters. The first-order valence-electron chi connectivity index (χ1n) is 7.14. The average molecular weight is 282 g/mol. The summed E-state index contributed by atoms with van der Waals surface area (Å²) in [7, 11) is 1.76. The van der Waals surface area contributed by atoms with Crippen molar-refractivity contribution >= 4 is 11.7 Å². The van der Waals surface area contributed by atoms with Crippen molar-refractivity contribution in [3.8, 4) is 0 Å². The van der Waals surface area contributed by atoms with Crippen molar-refractivity contribution in [3.05, 3.63) is 53.5 Å². The van der Waals surface area contributed by atoms with Gasteiger partial charge in [0.1, 0.15) is 11.5 Å². The average Bonchev–Trinajstić information content (AvgIpc) is 2.76. The SMILES string of the molecule is CNc1cncc(C(=O)N2CCCc3ccccc3C2)n1. The number of anilines is 1. The molecule has 0 saturated heterocycles. The molecular weight excluding hydrogens is 264 g/mol. The molecule has 1 aliphatic rings. The summed E-state index contributed by atoms with van der Waals surface area (Å²) >= 11 is 0. The third-order valence-electron chi connectivity index (χ3n) is 3.75. The number of carbonyl (C=O) groups is 1. The van der Waals surface area contributed by atoms with Gasteiger partial charge in [0.25, 0.3) is 5.91 Å². The Bertz CT molecular complexity index is 656. The van der Waals surface area contributed by atoms with Crippen molar-refractivity contribution in [2.24, 2.45) is 0 Å². The van der Waals surface area contributed by atoms with Gasteiger partial charge >= 0.3 is 0 Å². The number of carbonyl (C=O) groups excluding carboxylic acids is 1. The Morgan fingerprint density at radius 2 is 2.05 bits per heavy atom. The molecule has 5 heteroatoms. The van der Waals surface area contributed by atoms with Crippen molar-refractivity contribution < 1.29 is 4.79 Å². The van der Waals surface area contributed by atoms with Gasteiger partial charge in [-0.2, -0.15) is 0 Å². The van der Waals surface area contributed by atoms with Crippen LogP contribution in [0.3, 0.4) is 0 Å². The molecule has 108 valence electrons. The van der Waals surface area contributed by atoms with Crippen LogP contribution in [0.4, 0.5) is 5.82 Å². The standard InChI is InChI=1S/C16H18N4O/c1-17-15-10-18-9-14(19-15)16(21)20-8-4-7-12-5-2-3-6-13(12)11-20/h2-3,5-6,9-10H,4,7-8,11H2,1H3,(H,17,19). The first-order valence-corrected chi connectivity index (χ1v) is 7.14. The monoisotopic (exact) mass is 282 g/mol.